The van der Waals surface area contributed by atoms with E-state index in [9.17, 15) is 4.39 Å². The molecule has 28 heavy (non-hydrogen) atoms. The van der Waals surface area contributed by atoms with Gasteiger partial charge in [-0.1, -0.05) is 6.07 Å². The molecule has 0 radical (unpaired) electrons. The topological polar surface area (TPSA) is 49.3 Å². The van der Waals surface area contributed by atoms with Gasteiger partial charge in [0.2, 0.25) is 0 Å². The molecule has 1 aliphatic heterocycles. The summed E-state index contributed by atoms with van der Waals surface area (Å²) in [6, 6.07) is 5.34. The SMILES string of the molecule is CN=C(NCCCOCCOC)N1CCN(Cc2ccc(Br)c(F)c2)CC1.I. The van der Waals surface area contributed by atoms with Gasteiger partial charge in [-0.25, -0.2) is 4.39 Å². The molecule has 6 nitrogen and oxygen atoms in total. The number of methoxy groups -OCH3 is 1. The van der Waals surface area contributed by atoms with E-state index in [0.29, 0.717) is 24.3 Å². The first-order valence-electron chi connectivity index (χ1n) is 9.32. The molecule has 2 rings (SSSR count). The molecule has 0 amide bonds. The van der Waals surface area contributed by atoms with E-state index < -0.39 is 0 Å². The van der Waals surface area contributed by atoms with Crippen LogP contribution in [0.5, 0.6) is 0 Å². The Morgan fingerprint density at radius 3 is 2.61 bits per heavy atom. The Labute approximate surface area is 193 Å². The van der Waals surface area contributed by atoms with Crippen LogP contribution in [0.15, 0.2) is 27.7 Å². The van der Waals surface area contributed by atoms with Crippen molar-refractivity contribution in [2.45, 2.75) is 13.0 Å². The van der Waals surface area contributed by atoms with Gasteiger partial charge in [0, 0.05) is 60.0 Å². The molecule has 1 N–H and O–H groups in total. The van der Waals surface area contributed by atoms with Crippen LogP contribution in [-0.4, -0.2) is 82.5 Å². The molecule has 0 spiro atoms. The Morgan fingerprint density at radius 1 is 1.21 bits per heavy atom. The fourth-order valence-electron chi connectivity index (χ4n) is 2.96. The highest BCUT2D eigenvalue weighted by molar-refractivity contribution is 14.0. The van der Waals surface area contributed by atoms with E-state index in [1.54, 1.807) is 19.2 Å². The molecule has 0 aliphatic carbocycles. The van der Waals surface area contributed by atoms with Crippen LogP contribution in [0.4, 0.5) is 4.39 Å². The third-order valence-electron chi connectivity index (χ3n) is 4.45. The van der Waals surface area contributed by atoms with E-state index in [2.05, 4.69) is 36.0 Å². The van der Waals surface area contributed by atoms with Gasteiger partial charge in [-0.15, -0.1) is 24.0 Å². The number of rotatable bonds is 9. The Bertz CT molecular complexity index is 601. The summed E-state index contributed by atoms with van der Waals surface area (Å²) in [7, 11) is 3.49. The van der Waals surface area contributed by atoms with Crippen molar-refractivity contribution in [3.8, 4) is 0 Å². The molecule has 1 aromatic carbocycles. The molecular weight excluding hydrogens is 542 g/mol. The fraction of sp³-hybridized carbons (Fsp3) is 0.632. The van der Waals surface area contributed by atoms with Crippen molar-refractivity contribution < 1.29 is 13.9 Å². The van der Waals surface area contributed by atoms with Crippen molar-refractivity contribution in [3.63, 3.8) is 0 Å². The van der Waals surface area contributed by atoms with Crippen molar-refractivity contribution in [1.29, 1.82) is 0 Å². The summed E-state index contributed by atoms with van der Waals surface area (Å²) in [5, 5.41) is 3.40. The fourth-order valence-corrected chi connectivity index (χ4v) is 3.21. The van der Waals surface area contributed by atoms with Gasteiger partial charge < -0.3 is 19.7 Å². The molecule has 9 heteroatoms. The summed E-state index contributed by atoms with van der Waals surface area (Å²) in [6.45, 7) is 7.25. The first kappa shape index (κ1) is 25.5. The number of hydrogen-bond acceptors (Lipinski definition) is 4. The molecule has 0 bridgehead atoms. The highest BCUT2D eigenvalue weighted by Crippen LogP contribution is 2.18. The normalized spacial score (nSPS) is 15.4. The predicted octanol–water partition coefficient (Wildman–Crippen LogP) is 2.95. The average Bonchev–Trinajstić information content (AvgIpc) is 2.68. The van der Waals surface area contributed by atoms with Gasteiger partial charge in [0.25, 0.3) is 0 Å². The summed E-state index contributed by atoms with van der Waals surface area (Å²) in [6.07, 6.45) is 0.928. The van der Waals surface area contributed by atoms with Gasteiger partial charge in [0.05, 0.1) is 17.7 Å². The maximum atomic E-state index is 13.7. The van der Waals surface area contributed by atoms with Crippen LogP contribution in [0.2, 0.25) is 0 Å². The predicted molar refractivity (Wildman–Crippen MR) is 125 cm³/mol. The number of hydrogen-bond donors (Lipinski definition) is 1. The number of aliphatic imine (C=N–C) groups is 1. The van der Waals surface area contributed by atoms with Crippen LogP contribution >= 0.6 is 39.9 Å². The zero-order valence-electron chi connectivity index (χ0n) is 16.6. The lowest BCUT2D eigenvalue weighted by molar-refractivity contribution is 0.0697. The second-order valence-electron chi connectivity index (χ2n) is 6.44. The molecule has 1 aliphatic rings. The Morgan fingerprint density at radius 2 is 1.96 bits per heavy atom. The minimum atomic E-state index is -0.207. The quantitative estimate of drug-likeness (QED) is 0.213. The van der Waals surface area contributed by atoms with Gasteiger partial charge in [0.1, 0.15) is 5.82 Å². The molecule has 0 atom stereocenters. The summed E-state index contributed by atoms with van der Waals surface area (Å²) >= 11 is 3.20. The molecule has 1 fully saturated rings. The Hall–Kier alpha value is -0.490. The third-order valence-corrected chi connectivity index (χ3v) is 5.10. The molecule has 1 saturated heterocycles. The van der Waals surface area contributed by atoms with Gasteiger partial charge in [-0.2, -0.15) is 0 Å². The number of benzene rings is 1. The maximum absolute atomic E-state index is 13.7. The van der Waals surface area contributed by atoms with E-state index in [-0.39, 0.29) is 29.8 Å². The molecule has 0 aromatic heterocycles. The van der Waals surface area contributed by atoms with E-state index in [1.807, 2.05) is 13.1 Å². The van der Waals surface area contributed by atoms with Crippen LogP contribution in [0, 0.1) is 5.82 Å². The van der Waals surface area contributed by atoms with Crippen molar-refractivity contribution in [2.24, 2.45) is 4.99 Å². The van der Waals surface area contributed by atoms with Gasteiger partial charge >= 0.3 is 0 Å². The smallest absolute Gasteiger partial charge is 0.193 e. The second kappa shape index (κ2) is 14.5. The number of guanidine groups is 1. The van der Waals surface area contributed by atoms with Crippen molar-refractivity contribution in [3.05, 3.63) is 34.1 Å². The number of halogens is 3. The molecule has 1 heterocycles. The molecular formula is C19H31BrFIN4O2. The minimum absolute atomic E-state index is 0. The van der Waals surface area contributed by atoms with Crippen LogP contribution < -0.4 is 5.32 Å². The Kier molecular flexibility index (Phi) is 13.2. The zero-order valence-corrected chi connectivity index (χ0v) is 20.5. The number of ether oxygens (including phenoxy) is 2. The summed E-state index contributed by atoms with van der Waals surface area (Å²) in [5.41, 5.74) is 1.00. The third kappa shape index (κ3) is 8.89. The summed E-state index contributed by atoms with van der Waals surface area (Å²) in [5.74, 6) is 0.725. The lowest BCUT2D eigenvalue weighted by atomic mass is 10.2. The van der Waals surface area contributed by atoms with Crippen molar-refractivity contribution in [2.75, 3.05) is 66.7 Å². The number of piperazine rings is 1. The second-order valence-corrected chi connectivity index (χ2v) is 7.30. The Balaban J connectivity index is 0.00000392. The van der Waals surface area contributed by atoms with Crippen LogP contribution in [0.25, 0.3) is 0 Å². The summed E-state index contributed by atoms with van der Waals surface area (Å²) in [4.78, 5) is 9.00. The highest BCUT2D eigenvalue weighted by Gasteiger charge is 2.19. The molecule has 160 valence electrons. The van der Waals surface area contributed by atoms with Crippen LogP contribution in [0.3, 0.4) is 0 Å². The first-order chi connectivity index (χ1) is 13.1. The largest absolute Gasteiger partial charge is 0.382 e. The lowest BCUT2D eigenvalue weighted by Gasteiger charge is -2.36. The molecule has 0 unspecified atom stereocenters. The zero-order chi connectivity index (χ0) is 19.5. The van der Waals surface area contributed by atoms with Crippen LogP contribution in [-0.2, 0) is 16.0 Å². The van der Waals surface area contributed by atoms with Gasteiger partial charge in [-0.3, -0.25) is 9.89 Å². The van der Waals surface area contributed by atoms with Crippen molar-refractivity contribution in [1.82, 2.24) is 15.1 Å². The summed E-state index contributed by atoms with van der Waals surface area (Å²) < 4.78 is 24.6. The average molecular weight is 573 g/mol. The lowest BCUT2D eigenvalue weighted by Crippen LogP contribution is -2.52. The van der Waals surface area contributed by atoms with Crippen molar-refractivity contribution >= 4 is 45.9 Å². The minimum Gasteiger partial charge on any atom is -0.382 e. The molecule has 1 aromatic rings. The number of nitrogens with one attached hydrogen (secondary N) is 1. The van der Waals surface area contributed by atoms with Gasteiger partial charge in [0.15, 0.2) is 5.96 Å². The van der Waals surface area contributed by atoms with E-state index in [4.69, 9.17) is 9.47 Å². The maximum Gasteiger partial charge on any atom is 0.193 e. The molecule has 0 saturated carbocycles. The standard InChI is InChI=1S/C19H30BrFN4O2.HI/c1-22-19(23-6-3-11-27-13-12-26-2)25-9-7-24(8-10-25)15-16-4-5-17(20)18(21)14-16;/h4-5,14H,3,6-13,15H2,1-2H3,(H,22,23);1H. The van der Waals surface area contributed by atoms with Gasteiger partial charge in [-0.05, 0) is 40.0 Å². The van der Waals surface area contributed by atoms with E-state index >= 15 is 0 Å². The highest BCUT2D eigenvalue weighted by atomic mass is 127. The van der Waals surface area contributed by atoms with Crippen LogP contribution in [0.1, 0.15) is 12.0 Å². The van der Waals surface area contributed by atoms with E-state index in [0.717, 1.165) is 57.2 Å². The monoisotopic (exact) mass is 572 g/mol. The number of nitrogens with zero attached hydrogens (tertiary/aromatic N) is 3. The van der Waals surface area contributed by atoms with E-state index in [1.165, 1.54) is 0 Å². The first-order valence-corrected chi connectivity index (χ1v) is 10.1.